The summed E-state index contributed by atoms with van der Waals surface area (Å²) < 4.78 is 15.0. The van der Waals surface area contributed by atoms with Gasteiger partial charge in [0.15, 0.2) is 5.11 Å². The number of hydrogen-bond donors (Lipinski definition) is 1. The summed E-state index contributed by atoms with van der Waals surface area (Å²) in [5.41, 5.74) is 1.18. The number of rotatable bonds is 5. The van der Waals surface area contributed by atoms with E-state index in [1.165, 1.54) is 34.4 Å². The lowest BCUT2D eigenvalue weighted by molar-refractivity contribution is -0.120. The Morgan fingerprint density at radius 3 is 2.54 bits per heavy atom. The van der Waals surface area contributed by atoms with Crippen LogP contribution in [0.4, 0.5) is 21.5 Å². The minimum absolute atomic E-state index is 0.0209. The molecule has 1 aromatic heterocycles. The van der Waals surface area contributed by atoms with Crippen LogP contribution in [-0.2, 0) is 11.3 Å². The largest absolute Gasteiger partial charge is 0.347 e. The predicted octanol–water partition coefficient (Wildman–Crippen LogP) is 6.25. The van der Waals surface area contributed by atoms with Crippen molar-refractivity contribution < 1.29 is 14.0 Å². The van der Waals surface area contributed by atoms with Gasteiger partial charge in [-0.15, -0.1) is 11.3 Å². The standard InChI is InChI=1S/C25H20ClFN4O2S2/c1-14-9-10-35-21(14)22(32)29-13-15-5-6-17(12-19(15)27)31-24(34)30(23(33)25(31,2)3)16-7-8-20(28-4)18(26)11-16/h5-12H,13H2,1-3H3,(H,29,32). The third-order valence-corrected chi connectivity index (χ3v) is 7.46. The van der Waals surface area contributed by atoms with Gasteiger partial charge in [-0.3, -0.25) is 14.5 Å². The van der Waals surface area contributed by atoms with Crippen LogP contribution in [0.25, 0.3) is 4.85 Å². The average molecular weight is 527 g/mol. The maximum Gasteiger partial charge on any atom is 0.261 e. The van der Waals surface area contributed by atoms with Gasteiger partial charge >= 0.3 is 0 Å². The van der Waals surface area contributed by atoms with Crippen molar-refractivity contribution in [2.24, 2.45) is 0 Å². The molecule has 0 aliphatic carbocycles. The van der Waals surface area contributed by atoms with Gasteiger partial charge in [-0.1, -0.05) is 23.7 Å². The zero-order chi connectivity index (χ0) is 25.5. The van der Waals surface area contributed by atoms with E-state index in [9.17, 15) is 9.59 Å². The van der Waals surface area contributed by atoms with Crippen molar-refractivity contribution in [3.8, 4) is 0 Å². The summed E-state index contributed by atoms with van der Waals surface area (Å²) >= 11 is 13.1. The van der Waals surface area contributed by atoms with Crippen LogP contribution in [0, 0.1) is 19.3 Å². The van der Waals surface area contributed by atoms with Crippen molar-refractivity contribution in [3.05, 3.63) is 86.1 Å². The zero-order valence-electron chi connectivity index (χ0n) is 19.1. The Morgan fingerprint density at radius 2 is 1.94 bits per heavy atom. The van der Waals surface area contributed by atoms with Crippen molar-refractivity contribution in [1.82, 2.24) is 5.32 Å². The molecule has 2 heterocycles. The van der Waals surface area contributed by atoms with Gasteiger partial charge in [0, 0.05) is 22.8 Å². The highest BCUT2D eigenvalue weighted by molar-refractivity contribution is 7.81. The molecule has 0 unspecified atom stereocenters. The number of nitrogens with zero attached hydrogens (tertiary/aromatic N) is 3. The number of thiophene rings is 1. The molecule has 1 fully saturated rings. The molecule has 35 heavy (non-hydrogen) atoms. The molecule has 4 rings (SSSR count). The van der Waals surface area contributed by atoms with Gasteiger partial charge in [-0.05, 0) is 74.3 Å². The highest BCUT2D eigenvalue weighted by atomic mass is 35.5. The summed E-state index contributed by atoms with van der Waals surface area (Å²) in [4.78, 5) is 32.5. The van der Waals surface area contributed by atoms with Crippen LogP contribution in [0.1, 0.15) is 34.6 Å². The quantitative estimate of drug-likeness (QED) is 0.315. The van der Waals surface area contributed by atoms with E-state index in [0.29, 0.717) is 21.8 Å². The first-order chi connectivity index (χ1) is 16.6. The third kappa shape index (κ3) is 4.41. The van der Waals surface area contributed by atoms with Crippen molar-refractivity contribution in [3.63, 3.8) is 0 Å². The van der Waals surface area contributed by atoms with Gasteiger partial charge in [0.1, 0.15) is 11.4 Å². The average Bonchev–Trinajstić information content (AvgIpc) is 3.31. The smallest absolute Gasteiger partial charge is 0.261 e. The highest BCUT2D eigenvalue weighted by Gasteiger charge is 2.50. The lowest BCUT2D eigenvalue weighted by atomic mass is 10.0. The molecule has 6 nitrogen and oxygen atoms in total. The minimum atomic E-state index is -1.10. The van der Waals surface area contributed by atoms with Crippen molar-refractivity contribution in [2.45, 2.75) is 32.9 Å². The number of thiocarbonyl (C=S) groups is 1. The van der Waals surface area contributed by atoms with Crippen LogP contribution in [0.3, 0.4) is 0 Å². The second-order valence-electron chi connectivity index (χ2n) is 8.46. The van der Waals surface area contributed by atoms with E-state index < -0.39 is 11.4 Å². The Hall–Kier alpha value is -3.32. The maximum atomic E-state index is 15.0. The Bertz CT molecular complexity index is 1410. The van der Waals surface area contributed by atoms with E-state index in [-0.39, 0.29) is 34.2 Å². The Labute approximate surface area is 216 Å². The second kappa shape index (κ2) is 9.38. The summed E-state index contributed by atoms with van der Waals surface area (Å²) in [6.07, 6.45) is 0. The molecule has 1 N–H and O–H groups in total. The lowest BCUT2D eigenvalue weighted by Gasteiger charge is -2.29. The first-order valence-electron chi connectivity index (χ1n) is 10.5. The van der Waals surface area contributed by atoms with Crippen LogP contribution >= 0.6 is 35.2 Å². The monoisotopic (exact) mass is 526 g/mol. The molecule has 2 amide bonds. The Kier molecular flexibility index (Phi) is 6.64. The van der Waals surface area contributed by atoms with Crippen molar-refractivity contribution >= 4 is 69.1 Å². The second-order valence-corrected chi connectivity index (χ2v) is 10.1. The van der Waals surface area contributed by atoms with Crippen LogP contribution < -0.4 is 15.1 Å². The Balaban J connectivity index is 1.59. The van der Waals surface area contributed by atoms with E-state index in [4.69, 9.17) is 30.4 Å². The lowest BCUT2D eigenvalue weighted by Crippen LogP contribution is -2.44. The number of hydrogen-bond acceptors (Lipinski definition) is 4. The van der Waals surface area contributed by atoms with Gasteiger partial charge < -0.3 is 10.2 Å². The molecule has 0 radical (unpaired) electrons. The first-order valence-corrected chi connectivity index (χ1v) is 12.2. The van der Waals surface area contributed by atoms with Crippen molar-refractivity contribution in [1.29, 1.82) is 0 Å². The molecule has 178 valence electrons. The summed E-state index contributed by atoms with van der Waals surface area (Å²) in [7, 11) is 0. The predicted molar refractivity (Wildman–Crippen MR) is 141 cm³/mol. The van der Waals surface area contributed by atoms with E-state index in [2.05, 4.69) is 10.2 Å². The number of carbonyl (C=O) groups is 2. The first kappa shape index (κ1) is 24.8. The van der Waals surface area contributed by atoms with Crippen LogP contribution in [0.2, 0.25) is 5.02 Å². The Morgan fingerprint density at radius 1 is 1.23 bits per heavy atom. The molecule has 0 saturated carbocycles. The molecule has 1 aliphatic heterocycles. The highest BCUT2D eigenvalue weighted by Crippen LogP contribution is 2.39. The van der Waals surface area contributed by atoms with Gasteiger partial charge in [-0.25, -0.2) is 9.24 Å². The van der Waals surface area contributed by atoms with Gasteiger partial charge in [0.2, 0.25) is 5.69 Å². The summed E-state index contributed by atoms with van der Waals surface area (Å²) in [5.74, 6) is -1.09. The normalized spacial score (nSPS) is 14.9. The number of amides is 2. The molecule has 1 saturated heterocycles. The zero-order valence-corrected chi connectivity index (χ0v) is 21.4. The van der Waals surface area contributed by atoms with Crippen LogP contribution in [0.5, 0.6) is 0 Å². The number of nitrogens with one attached hydrogen (secondary N) is 1. The SMILES string of the molecule is [C-]#[N+]c1ccc(N2C(=O)C(C)(C)N(c3ccc(CNC(=O)c4sccc4C)c(F)c3)C2=S)cc1Cl. The topological polar surface area (TPSA) is 57.0 Å². The van der Waals surface area contributed by atoms with Crippen molar-refractivity contribution in [2.75, 3.05) is 9.80 Å². The number of benzene rings is 2. The fraction of sp³-hybridized carbons (Fsp3) is 0.200. The fourth-order valence-corrected chi connectivity index (χ4v) is 5.44. The van der Waals surface area contributed by atoms with E-state index in [1.54, 1.807) is 36.9 Å². The number of aryl methyl sites for hydroxylation is 1. The van der Waals surface area contributed by atoms with E-state index in [1.807, 2.05) is 18.4 Å². The number of carbonyl (C=O) groups excluding carboxylic acids is 2. The molecule has 0 bridgehead atoms. The molecular formula is C25H20ClFN4O2S2. The molecule has 10 heteroatoms. The third-order valence-electron chi connectivity index (χ3n) is 5.78. The van der Waals surface area contributed by atoms with Crippen LogP contribution in [0.15, 0.2) is 47.8 Å². The summed E-state index contributed by atoms with van der Waals surface area (Å²) in [5, 5.41) is 4.95. The summed E-state index contributed by atoms with van der Waals surface area (Å²) in [6.45, 7) is 12.4. The van der Waals surface area contributed by atoms with Gasteiger partial charge in [-0.2, -0.15) is 0 Å². The molecule has 3 aromatic rings. The van der Waals surface area contributed by atoms with Gasteiger partial charge in [0.05, 0.1) is 17.1 Å². The van der Waals surface area contributed by atoms with Gasteiger partial charge in [0.25, 0.3) is 11.8 Å². The maximum absolute atomic E-state index is 15.0. The van der Waals surface area contributed by atoms with E-state index >= 15 is 4.39 Å². The molecule has 0 spiro atoms. The number of anilines is 2. The molecular weight excluding hydrogens is 507 g/mol. The molecule has 0 atom stereocenters. The van der Waals surface area contributed by atoms with Crippen LogP contribution in [-0.4, -0.2) is 22.5 Å². The van der Waals surface area contributed by atoms with E-state index in [0.717, 1.165) is 5.56 Å². The molecule has 2 aromatic carbocycles. The number of halogens is 2. The fourth-order valence-electron chi connectivity index (χ4n) is 3.86. The summed E-state index contributed by atoms with van der Waals surface area (Å²) in [6, 6.07) is 11.0. The molecule has 1 aliphatic rings. The minimum Gasteiger partial charge on any atom is -0.347 e.